The summed E-state index contributed by atoms with van der Waals surface area (Å²) in [6.07, 6.45) is 0.627. The van der Waals surface area contributed by atoms with E-state index in [9.17, 15) is 9.59 Å². The van der Waals surface area contributed by atoms with Crippen LogP contribution in [0.15, 0.2) is 24.3 Å². The van der Waals surface area contributed by atoms with Gasteiger partial charge in [0.15, 0.2) is 0 Å². The van der Waals surface area contributed by atoms with Crippen LogP contribution in [0.25, 0.3) is 0 Å². The molecule has 116 valence electrons. The molecule has 0 saturated heterocycles. The summed E-state index contributed by atoms with van der Waals surface area (Å²) in [7, 11) is 1.62. The number of hydrogen-bond donors (Lipinski definition) is 1. The highest BCUT2D eigenvalue weighted by Gasteiger charge is 2.13. The number of carbonyl (C=O) groups excluding carboxylic acids is 2. The van der Waals surface area contributed by atoms with E-state index in [2.05, 4.69) is 5.32 Å². The zero-order valence-electron chi connectivity index (χ0n) is 13.0. The minimum Gasteiger partial charge on any atom is -0.497 e. The monoisotopic (exact) mass is 292 g/mol. The molecule has 0 aliphatic heterocycles. The first-order chi connectivity index (χ1) is 10.1. The summed E-state index contributed by atoms with van der Waals surface area (Å²) in [5.74, 6) is 0.448. The molecule has 21 heavy (non-hydrogen) atoms. The van der Waals surface area contributed by atoms with Crippen LogP contribution in [0.1, 0.15) is 25.8 Å². The van der Waals surface area contributed by atoms with Gasteiger partial charge in [-0.1, -0.05) is 12.1 Å². The minimum absolute atomic E-state index is 0.0835. The summed E-state index contributed by atoms with van der Waals surface area (Å²) < 4.78 is 5.15. The van der Waals surface area contributed by atoms with Crippen molar-refractivity contribution in [3.8, 4) is 5.75 Å². The van der Waals surface area contributed by atoms with Crippen molar-refractivity contribution in [1.82, 2.24) is 10.2 Å². The van der Waals surface area contributed by atoms with Gasteiger partial charge in [-0.3, -0.25) is 9.59 Å². The molecule has 0 aliphatic carbocycles. The fraction of sp³-hybridized carbons (Fsp3) is 0.500. The predicted molar refractivity (Wildman–Crippen MR) is 82.3 cm³/mol. The summed E-state index contributed by atoms with van der Waals surface area (Å²) >= 11 is 0. The summed E-state index contributed by atoms with van der Waals surface area (Å²) in [6.45, 7) is 5.58. The lowest BCUT2D eigenvalue weighted by molar-refractivity contribution is -0.135. The third-order valence-corrected chi connectivity index (χ3v) is 3.30. The average Bonchev–Trinajstić information content (AvgIpc) is 2.48. The number of amides is 2. The number of nitrogens with one attached hydrogen (secondary N) is 1. The normalized spacial score (nSPS) is 10.0. The number of methoxy groups -OCH3 is 1. The van der Waals surface area contributed by atoms with Gasteiger partial charge in [-0.2, -0.15) is 0 Å². The maximum absolute atomic E-state index is 11.8. The quantitative estimate of drug-likeness (QED) is 0.741. The SMILES string of the molecule is CCN(CC)C(=O)CC(=O)NCCc1cccc(OC)c1. The Hall–Kier alpha value is -2.04. The van der Waals surface area contributed by atoms with E-state index in [0.29, 0.717) is 26.1 Å². The van der Waals surface area contributed by atoms with Crippen molar-refractivity contribution in [3.05, 3.63) is 29.8 Å². The van der Waals surface area contributed by atoms with Crippen LogP contribution < -0.4 is 10.1 Å². The van der Waals surface area contributed by atoms with E-state index in [4.69, 9.17) is 4.74 Å². The standard InChI is InChI=1S/C16H24N2O3/c1-4-18(5-2)16(20)12-15(19)17-10-9-13-7-6-8-14(11-13)21-3/h6-8,11H,4-5,9-10,12H2,1-3H3,(H,17,19). The van der Waals surface area contributed by atoms with Crippen molar-refractivity contribution in [3.63, 3.8) is 0 Å². The molecule has 1 rings (SSSR count). The van der Waals surface area contributed by atoms with Gasteiger partial charge in [0.2, 0.25) is 11.8 Å². The van der Waals surface area contributed by atoms with Crippen LogP contribution in [-0.2, 0) is 16.0 Å². The molecule has 0 aromatic heterocycles. The molecule has 0 atom stereocenters. The molecule has 1 N–H and O–H groups in total. The molecule has 5 nitrogen and oxygen atoms in total. The number of nitrogens with zero attached hydrogens (tertiary/aromatic N) is 1. The van der Waals surface area contributed by atoms with E-state index in [-0.39, 0.29) is 18.2 Å². The van der Waals surface area contributed by atoms with Crippen molar-refractivity contribution < 1.29 is 14.3 Å². The Kier molecular flexibility index (Phi) is 7.29. The highest BCUT2D eigenvalue weighted by atomic mass is 16.5. The van der Waals surface area contributed by atoms with Gasteiger partial charge in [-0.15, -0.1) is 0 Å². The van der Waals surface area contributed by atoms with E-state index in [1.807, 2.05) is 38.1 Å². The average molecular weight is 292 g/mol. The molecule has 0 unspecified atom stereocenters. The Labute approximate surface area is 126 Å². The highest BCUT2D eigenvalue weighted by molar-refractivity contribution is 5.96. The van der Waals surface area contributed by atoms with Crippen LogP contribution in [0.3, 0.4) is 0 Å². The number of hydrogen-bond acceptors (Lipinski definition) is 3. The number of carbonyl (C=O) groups is 2. The third kappa shape index (κ3) is 5.85. The van der Waals surface area contributed by atoms with Crippen LogP contribution in [0.4, 0.5) is 0 Å². The highest BCUT2D eigenvalue weighted by Crippen LogP contribution is 2.12. The lowest BCUT2D eigenvalue weighted by atomic mass is 10.1. The van der Waals surface area contributed by atoms with Crippen molar-refractivity contribution in [1.29, 1.82) is 0 Å². The molecule has 1 aromatic rings. The van der Waals surface area contributed by atoms with E-state index in [1.54, 1.807) is 12.0 Å². The van der Waals surface area contributed by atoms with Crippen LogP contribution in [-0.4, -0.2) is 43.5 Å². The fourth-order valence-corrected chi connectivity index (χ4v) is 2.06. The largest absolute Gasteiger partial charge is 0.497 e. The molecule has 2 amide bonds. The number of rotatable bonds is 8. The smallest absolute Gasteiger partial charge is 0.231 e. The van der Waals surface area contributed by atoms with Gasteiger partial charge >= 0.3 is 0 Å². The fourth-order valence-electron chi connectivity index (χ4n) is 2.06. The van der Waals surface area contributed by atoms with Crippen molar-refractivity contribution in [2.24, 2.45) is 0 Å². The number of ether oxygens (including phenoxy) is 1. The Morgan fingerprint density at radius 3 is 2.57 bits per heavy atom. The summed E-state index contributed by atoms with van der Waals surface area (Å²) in [5, 5.41) is 2.78. The molecule has 0 aliphatic rings. The van der Waals surface area contributed by atoms with Gasteiger partial charge in [0.1, 0.15) is 12.2 Å². The summed E-state index contributed by atoms with van der Waals surface area (Å²) in [5.41, 5.74) is 1.09. The third-order valence-electron chi connectivity index (χ3n) is 3.30. The first-order valence-corrected chi connectivity index (χ1v) is 7.28. The Morgan fingerprint density at radius 2 is 1.95 bits per heavy atom. The maximum Gasteiger partial charge on any atom is 0.231 e. The second-order valence-corrected chi connectivity index (χ2v) is 4.69. The summed E-state index contributed by atoms with van der Waals surface area (Å²) in [4.78, 5) is 25.2. The van der Waals surface area contributed by atoms with E-state index >= 15 is 0 Å². The Bertz CT molecular complexity index is 470. The van der Waals surface area contributed by atoms with E-state index < -0.39 is 0 Å². The minimum atomic E-state index is -0.227. The first kappa shape index (κ1) is 17.0. The maximum atomic E-state index is 11.8. The van der Waals surface area contributed by atoms with Gasteiger partial charge in [0, 0.05) is 19.6 Å². The lowest BCUT2D eigenvalue weighted by Crippen LogP contribution is -2.36. The molecule has 0 saturated carbocycles. The lowest BCUT2D eigenvalue weighted by Gasteiger charge is -2.18. The van der Waals surface area contributed by atoms with Gasteiger partial charge in [-0.05, 0) is 38.0 Å². The van der Waals surface area contributed by atoms with Gasteiger partial charge in [0.25, 0.3) is 0 Å². The molecule has 0 spiro atoms. The number of benzene rings is 1. The first-order valence-electron chi connectivity index (χ1n) is 7.28. The van der Waals surface area contributed by atoms with Gasteiger partial charge in [-0.25, -0.2) is 0 Å². The Morgan fingerprint density at radius 1 is 1.24 bits per heavy atom. The molecule has 0 bridgehead atoms. The van der Waals surface area contributed by atoms with Crippen LogP contribution in [0.2, 0.25) is 0 Å². The molecule has 0 heterocycles. The predicted octanol–water partition coefficient (Wildman–Crippen LogP) is 1.61. The van der Waals surface area contributed by atoms with Crippen LogP contribution >= 0.6 is 0 Å². The zero-order chi connectivity index (χ0) is 15.7. The van der Waals surface area contributed by atoms with Crippen molar-refractivity contribution in [2.45, 2.75) is 26.7 Å². The van der Waals surface area contributed by atoms with Gasteiger partial charge < -0.3 is 15.0 Å². The molecule has 0 fully saturated rings. The topological polar surface area (TPSA) is 58.6 Å². The van der Waals surface area contributed by atoms with Gasteiger partial charge in [0.05, 0.1) is 7.11 Å². The second-order valence-electron chi connectivity index (χ2n) is 4.69. The summed E-state index contributed by atoms with van der Waals surface area (Å²) in [6, 6.07) is 7.72. The molecule has 5 heteroatoms. The Balaban J connectivity index is 2.34. The van der Waals surface area contributed by atoms with E-state index in [1.165, 1.54) is 0 Å². The molecular weight excluding hydrogens is 268 g/mol. The molecule has 1 aromatic carbocycles. The van der Waals surface area contributed by atoms with Crippen molar-refractivity contribution in [2.75, 3.05) is 26.7 Å². The molecular formula is C16H24N2O3. The second kappa shape index (κ2) is 9.00. The van der Waals surface area contributed by atoms with Crippen LogP contribution in [0.5, 0.6) is 5.75 Å². The zero-order valence-corrected chi connectivity index (χ0v) is 13.0. The van der Waals surface area contributed by atoms with Crippen LogP contribution in [0, 0.1) is 0 Å². The van der Waals surface area contributed by atoms with E-state index in [0.717, 1.165) is 11.3 Å². The molecule has 0 radical (unpaired) electrons. The van der Waals surface area contributed by atoms with Crippen molar-refractivity contribution >= 4 is 11.8 Å².